The Morgan fingerprint density at radius 1 is 0.286 bits per heavy atom. The van der Waals surface area contributed by atoms with Crippen molar-refractivity contribution in [3.8, 4) is 96.9 Å². The Morgan fingerprint density at radius 2 is 0.583 bits per heavy atom. The zero-order chi connectivity index (χ0) is 57.5. The normalized spacial score (nSPS) is 11.6. The Labute approximate surface area is 481 Å². The van der Waals surface area contributed by atoms with Gasteiger partial charge in [0.1, 0.15) is 46.6 Å². The summed E-state index contributed by atoms with van der Waals surface area (Å²) in [7, 11) is 0. The quantitative estimate of drug-likeness (QED) is 0.131. The summed E-state index contributed by atoms with van der Waals surface area (Å²) >= 11 is 0. The fourth-order valence-electron chi connectivity index (χ4n) is 11.4. The fourth-order valence-corrected chi connectivity index (χ4v) is 11.4. The molecular formula is C67H49N17. The van der Waals surface area contributed by atoms with E-state index in [0.717, 1.165) is 82.7 Å². The standard InChI is InChI=1S/C67H49N17/c1-35-69-36(2)74-63(73-35)45-19-23-57-51(27-45)52-28-46(64-75-37(3)70-38(4)76-64)20-24-58(52)83(57)61-31-49(34-68)50(67-81-55(43-15-11-9-12-16-43)33-56(82-67)44-17-13-10-14-18-44)32-62(61)84-59-25-21-47(65-77-39(5)71-40(6)78-65)29-53(59)54-30-48(22-26-60(54)84)66-79-41(7)72-42(8)80-66/h9-33H,1-8H3. The van der Waals surface area contributed by atoms with E-state index in [1.807, 2.05) is 152 Å². The van der Waals surface area contributed by atoms with Crippen LogP contribution in [-0.2, 0) is 0 Å². The molecule has 17 nitrogen and oxygen atoms in total. The second-order valence-corrected chi connectivity index (χ2v) is 20.8. The van der Waals surface area contributed by atoms with Crippen LogP contribution in [0, 0.1) is 66.7 Å². The highest BCUT2D eigenvalue weighted by Crippen LogP contribution is 2.44. The van der Waals surface area contributed by atoms with Gasteiger partial charge in [0.05, 0.1) is 56.5 Å². The topological polar surface area (TPSA) is 214 Å². The third-order valence-corrected chi connectivity index (χ3v) is 14.8. The maximum atomic E-state index is 11.6. The van der Waals surface area contributed by atoms with E-state index in [-0.39, 0.29) is 0 Å². The summed E-state index contributed by atoms with van der Waals surface area (Å²) < 4.78 is 4.49. The molecule has 0 bridgehead atoms. The molecule has 0 aliphatic carbocycles. The summed E-state index contributed by atoms with van der Waals surface area (Å²) in [5, 5.41) is 15.3. The van der Waals surface area contributed by atoms with E-state index in [1.165, 1.54) is 0 Å². The van der Waals surface area contributed by atoms with E-state index in [9.17, 15) is 5.26 Å². The number of nitrogens with zero attached hydrogens (tertiary/aromatic N) is 17. The summed E-state index contributed by atoms with van der Waals surface area (Å²) in [5.41, 5.74) is 12.3. The van der Waals surface area contributed by atoms with E-state index < -0.39 is 0 Å². The minimum Gasteiger partial charge on any atom is -0.307 e. The first kappa shape index (κ1) is 50.9. The number of aromatic nitrogens is 16. The van der Waals surface area contributed by atoms with E-state index in [2.05, 4.69) is 89.7 Å². The molecule has 0 unspecified atom stereocenters. The van der Waals surface area contributed by atoms with Crippen molar-refractivity contribution in [1.82, 2.24) is 78.9 Å². The van der Waals surface area contributed by atoms with Crippen LogP contribution < -0.4 is 0 Å². The second kappa shape index (κ2) is 20.1. The van der Waals surface area contributed by atoms with Crippen molar-refractivity contribution in [1.29, 1.82) is 5.26 Å². The van der Waals surface area contributed by atoms with Crippen LogP contribution in [0.3, 0.4) is 0 Å². The number of benzene rings is 7. The Kier molecular flexibility index (Phi) is 12.2. The monoisotopic (exact) mass is 1090 g/mol. The lowest BCUT2D eigenvalue weighted by molar-refractivity contribution is 0.928. The molecule has 402 valence electrons. The molecule has 14 rings (SSSR count). The van der Waals surface area contributed by atoms with Crippen LogP contribution in [-0.4, -0.2) is 78.9 Å². The molecule has 0 N–H and O–H groups in total. The van der Waals surface area contributed by atoms with Crippen LogP contribution in [0.2, 0.25) is 0 Å². The lowest BCUT2D eigenvalue weighted by Gasteiger charge is -2.20. The van der Waals surface area contributed by atoms with Crippen molar-refractivity contribution in [2.24, 2.45) is 0 Å². The highest BCUT2D eigenvalue weighted by Gasteiger charge is 2.26. The number of nitriles is 1. The number of fused-ring (bicyclic) bond motifs is 6. The third kappa shape index (κ3) is 9.08. The molecule has 0 fully saturated rings. The molecule has 84 heavy (non-hydrogen) atoms. The van der Waals surface area contributed by atoms with Crippen LogP contribution >= 0.6 is 0 Å². The van der Waals surface area contributed by atoms with Crippen LogP contribution in [0.1, 0.15) is 52.2 Å². The molecule has 17 heteroatoms. The van der Waals surface area contributed by atoms with Gasteiger partial charge in [0.15, 0.2) is 29.1 Å². The SMILES string of the molecule is Cc1nc(C)nc(-c2ccc3c(c2)c2cc(-c4nc(C)nc(C)n4)ccc2n3-c2cc(C#N)c(-c3nc(-c4ccccc4)cc(-c4ccccc4)n3)cc2-n2c3ccc(-c4nc(C)nc(C)n4)cc3c3cc(-c4nc(C)nc(C)n4)ccc32)n1. The van der Waals surface area contributed by atoms with Gasteiger partial charge in [0, 0.05) is 60.5 Å². The minimum atomic E-state index is 0.361. The Hall–Kier alpha value is -11.3. The fraction of sp³-hybridized carbons (Fsp3) is 0.119. The highest BCUT2D eigenvalue weighted by atomic mass is 15.1. The van der Waals surface area contributed by atoms with Gasteiger partial charge in [-0.2, -0.15) is 5.26 Å². The Balaban J connectivity index is 1.12. The van der Waals surface area contributed by atoms with Gasteiger partial charge in [-0.05, 0) is 146 Å². The van der Waals surface area contributed by atoms with Crippen molar-refractivity contribution in [2.75, 3.05) is 0 Å². The molecule has 7 aromatic carbocycles. The predicted octanol–water partition coefficient (Wildman–Crippen LogP) is 13.4. The minimum absolute atomic E-state index is 0.361. The average molecular weight is 1090 g/mol. The molecule has 0 atom stereocenters. The molecule has 0 amide bonds. The second-order valence-electron chi connectivity index (χ2n) is 20.8. The van der Waals surface area contributed by atoms with E-state index in [4.69, 9.17) is 49.8 Å². The number of rotatable bonds is 9. The lowest BCUT2D eigenvalue weighted by Crippen LogP contribution is -2.07. The largest absolute Gasteiger partial charge is 0.307 e. The van der Waals surface area contributed by atoms with Gasteiger partial charge in [0.25, 0.3) is 0 Å². The zero-order valence-electron chi connectivity index (χ0n) is 47.0. The van der Waals surface area contributed by atoms with Gasteiger partial charge >= 0.3 is 0 Å². The predicted molar refractivity (Wildman–Crippen MR) is 325 cm³/mol. The van der Waals surface area contributed by atoms with E-state index >= 15 is 0 Å². The molecule has 0 spiro atoms. The van der Waals surface area contributed by atoms with Gasteiger partial charge < -0.3 is 9.13 Å². The first-order valence-electron chi connectivity index (χ1n) is 27.3. The zero-order valence-corrected chi connectivity index (χ0v) is 47.0. The molecule has 0 saturated heterocycles. The van der Waals surface area contributed by atoms with Gasteiger partial charge in [-0.1, -0.05) is 60.7 Å². The summed E-state index contributed by atoms with van der Waals surface area (Å²) in [6.07, 6.45) is 0. The van der Waals surface area contributed by atoms with Crippen molar-refractivity contribution in [2.45, 2.75) is 55.4 Å². The molecule has 0 saturated carbocycles. The highest BCUT2D eigenvalue weighted by molar-refractivity contribution is 6.14. The average Bonchev–Trinajstić information content (AvgIpc) is 2.13. The molecule has 7 heterocycles. The molecule has 0 aliphatic rings. The number of aryl methyl sites for hydroxylation is 8. The van der Waals surface area contributed by atoms with Crippen molar-refractivity contribution < 1.29 is 0 Å². The summed E-state index contributed by atoms with van der Waals surface area (Å²) in [5.74, 6) is 7.57. The molecule has 0 radical (unpaired) electrons. The van der Waals surface area contributed by atoms with E-state index in [1.54, 1.807) is 0 Å². The van der Waals surface area contributed by atoms with E-state index in [0.29, 0.717) is 104 Å². The van der Waals surface area contributed by atoms with Gasteiger partial charge in [-0.15, -0.1) is 0 Å². The lowest BCUT2D eigenvalue weighted by atomic mass is 10.0. The maximum Gasteiger partial charge on any atom is 0.163 e. The third-order valence-electron chi connectivity index (χ3n) is 14.8. The number of hydrogen-bond donors (Lipinski definition) is 0. The smallest absolute Gasteiger partial charge is 0.163 e. The Morgan fingerprint density at radius 3 is 0.881 bits per heavy atom. The molecular weight excluding hydrogens is 1040 g/mol. The summed E-state index contributed by atoms with van der Waals surface area (Å²) in [6.45, 7) is 15.0. The van der Waals surface area contributed by atoms with Crippen LogP contribution in [0.4, 0.5) is 0 Å². The Bertz CT molecular complexity index is 4730. The van der Waals surface area contributed by atoms with Gasteiger partial charge in [-0.25, -0.2) is 69.8 Å². The summed E-state index contributed by atoms with van der Waals surface area (Å²) in [6, 6.07) is 53.9. The van der Waals surface area contributed by atoms with Crippen molar-refractivity contribution in [3.63, 3.8) is 0 Å². The van der Waals surface area contributed by atoms with Crippen molar-refractivity contribution in [3.05, 3.63) is 204 Å². The first-order chi connectivity index (χ1) is 40.8. The van der Waals surface area contributed by atoms with Crippen molar-refractivity contribution >= 4 is 43.6 Å². The molecule has 14 aromatic rings. The maximum absolute atomic E-state index is 11.6. The molecule has 0 aliphatic heterocycles. The van der Waals surface area contributed by atoms with Crippen LogP contribution in [0.5, 0.6) is 0 Å². The molecule has 7 aromatic heterocycles. The van der Waals surface area contributed by atoms with Crippen LogP contribution in [0.25, 0.3) is 134 Å². The van der Waals surface area contributed by atoms with Gasteiger partial charge in [-0.3, -0.25) is 0 Å². The number of hydrogen-bond acceptors (Lipinski definition) is 15. The van der Waals surface area contributed by atoms with Gasteiger partial charge in [0.2, 0.25) is 0 Å². The summed E-state index contributed by atoms with van der Waals surface area (Å²) in [4.78, 5) is 67.1. The van der Waals surface area contributed by atoms with Crippen LogP contribution in [0.15, 0.2) is 152 Å². The first-order valence-corrected chi connectivity index (χ1v) is 27.3.